The highest BCUT2D eigenvalue weighted by Gasteiger charge is 2.29. The van der Waals surface area contributed by atoms with Crippen molar-refractivity contribution in [2.75, 3.05) is 6.54 Å². The van der Waals surface area contributed by atoms with E-state index in [1.54, 1.807) is 11.3 Å². The first-order valence-electron chi connectivity index (χ1n) is 6.98. The van der Waals surface area contributed by atoms with Gasteiger partial charge in [0, 0.05) is 24.4 Å². The van der Waals surface area contributed by atoms with Gasteiger partial charge < -0.3 is 5.32 Å². The SMILES string of the molecule is Cc1ccc(C2CC(NCCc3cscn3)C2)cc1. The molecule has 3 rings (SSSR count). The fraction of sp³-hybridized carbons (Fsp3) is 0.438. The highest BCUT2D eigenvalue weighted by Crippen LogP contribution is 2.36. The van der Waals surface area contributed by atoms with Crippen molar-refractivity contribution in [1.82, 2.24) is 10.3 Å². The lowest BCUT2D eigenvalue weighted by atomic mass is 9.76. The first kappa shape index (κ1) is 12.8. The van der Waals surface area contributed by atoms with Crippen LogP contribution in [0.3, 0.4) is 0 Å². The van der Waals surface area contributed by atoms with Crippen LogP contribution in [0.25, 0.3) is 0 Å². The third-order valence-electron chi connectivity index (χ3n) is 3.98. The van der Waals surface area contributed by atoms with Crippen LogP contribution in [0, 0.1) is 6.92 Å². The molecule has 1 saturated carbocycles. The number of hydrogen-bond donors (Lipinski definition) is 1. The maximum atomic E-state index is 4.31. The molecule has 0 bridgehead atoms. The van der Waals surface area contributed by atoms with Crippen LogP contribution in [-0.2, 0) is 6.42 Å². The first-order chi connectivity index (χ1) is 9.31. The number of aromatic nitrogens is 1. The van der Waals surface area contributed by atoms with Gasteiger partial charge in [0.1, 0.15) is 0 Å². The van der Waals surface area contributed by atoms with Gasteiger partial charge in [-0.05, 0) is 31.2 Å². The summed E-state index contributed by atoms with van der Waals surface area (Å²) in [6.45, 7) is 3.20. The summed E-state index contributed by atoms with van der Waals surface area (Å²) in [5, 5.41) is 5.77. The fourth-order valence-electron chi connectivity index (χ4n) is 2.66. The van der Waals surface area contributed by atoms with E-state index in [0.717, 1.165) is 18.9 Å². The van der Waals surface area contributed by atoms with E-state index in [0.29, 0.717) is 6.04 Å². The molecule has 2 nitrogen and oxygen atoms in total. The smallest absolute Gasteiger partial charge is 0.0794 e. The largest absolute Gasteiger partial charge is 0.314 e. The van der Waals surface area contributed by atoms with E-state index in [1.807, 2.05) is 5.51 Å². The third kappa shape index (κ3) is 3.23. The Balaban J connectivity index is 1.39. The highest BCUT2D eigenvalue weighted by molar-refractivity contribution is 7.07. The minimum atomic E-state index is 0.699. The quantitative estimate of drug-likeness (QED) is 0.900. The van der Waals surface area contributed by atoms with E-state index in [9.17, 15) is 0 Å². The minimum Gasteiger partial charge on any atom is -0.314 e. The number of rotatable bonds is 5. The first-order valence-corrected chi connectivity index (χ1v) is 7.92. The van der Waals surface area contributed by atoms with Gasteiger partial charge in [0.25, 0.3) is 0 Å². The lowest BCUT2D eigenvalue weighted by molar-refractivity contribution is 0.292. The van der Waals surface area contributed by atoms with E-state index in [4.69, 9.17) is 0 Å². The molecule has 0 radical (unpaired) electrons. The molecule has 0 saturated heterocycles. The molecule has 0 amide bonds. The summed E-state index contributed by atoms with van der Waals surface area (Å²) in [5.74, 6) is 0.761. The highest BCUT2D eigenvalue weighted by atomic mass is 32.1. The Labute approximate surface area is 118 Å². The van der Waals surface area contributed by atoms with Crippen molar-refractivity contribution < 1.29 is 0 Å². The molecule has 0 atom stereocenters. The zero-order chi connectivity index (χ0) is 13.1. The van der Waals surface area contributed by atoms with E-state index in [1.165, 1.54) is 29.7 Å². The molecule has 1 heterocycles. The Morgan fingerprint density at radius 2 is 2.05 bits per heavy atom. The van der Waals surface area contributed by atoms with Crippen LogP contribution in [0.4, 0.5) is 0 Å². The molecule has 19 heavy (non-hydrogen) atoms. The number of hydrogen-bond acceptors (Lipinski definition) is 3. The van der Waals surface area contributed by atoms with Gasteiger partial charge in [-0.3, -0.25) is 0 Å². The molecule has 0 aliphatic heterocycles. The Morgan fingerprint density at radius 3 is 2.74 bits per heavy atom. The Hall–Kier alpha value is -1.19. The lowest BCUT2D eigenvalue weighted by Crippen LogP contribution is -2.40. The van der Waals surface area contributed by atoms with E-state index in [-0.39, 0.29) is 0 Å². The molecule has 3 heteroatoms. The van der Waals surface area contributed by atoms with Crippen molar-refractivity contribution >= 4 is 11.3 Å². The molecule has 1 aromatic heterocycles. The van der Waals surface area contributed by atoms with Crippen LogP contribution in [-0.4, -0.2) is 17.6 Å². The molecule has 1 aliphatic rings. The molecule has 1 aromatic carbocycles. The standard InChI is InChI=1S/C16H20N2S/c1-12-2-4-13(5-3-12)14-8-16(9-14)17-7-6-15-10-19-11-18-15/h2-5,10-11,14,16-17H,6-9H2,1H3. The van der Waals surface area contributed by atoms with E-state index >= 15 is 0 Å². The summed E-state index contributed by atoms with van der Waals surface area (Å²) < 4.78 is 0. The van der Waals surface area contributed by atoms with Crippen molar-refractivity contribution in [3.8, 4) is 0 Å². The summed E-state index contributed by atoms with van der Waals surface area (Å²) in [6.07, 6.45) is 3.61. The fourth-order valence-corrected chi connectivity index (χ4v) is 3.25. The van der Waals surface area contributed by atoms with Crippen molar-refractivity contribution in [3.63, 3.8) is 0 Å². The van der Waals surface area contributed by atoms with Crippen LogP contribution in [0.15, 0.2) is 35.2 Å². The average molecular weight is 272 g/mol. The normalized spacial score (nSPS) is 22.2. The molecular weight excluding hydrogens is 252 g/mol. The number of aryl methyl sites for hydroxylation is 1. The van der Waals surface area contributed by atoms with Gasteiger partial charge >= 0.3 is 0 Å². The maximum absolute atomic E-state index is 4.31. The van der Waals surface area contributed by atoms with Gasteiger partial charge in [0.05, 0.1) is 11.2 Å². The van der Waals surface area contributed by atoms with Crippen LogP contribution in [0.5, 0.6) is 0 Å². The predicted molar refractivity (Wildman–Crippen MR) is 80.8 cm³/mol. The number of thiazole rings is 1. The molecule has 2 aromatic rings. The molecule has 1 fully saturated rings. The number of benzene rings is 1. The molecule has 0 spiro atoms. The summed E-state index contributed by atoms with van der Waals surface area (Å²) in [4.78, 5) is 4.31. The van der Waals surface area contributed by atoms with Gasteiger partial charge in [-0.2, -0.15) is 0 Å². The van der Waals surface area contributed by atoms with Crippen LogP contribution in [0.2, 0.25) is 0 Å². The maximum Gasteiger partial charge on any atom is 0.0794 e. The minimum absolute atomic E-state index is 0.699. The van der Waals surface area contributed by atoms with E-state index in [2.05, 4.69) is 46.9 Å². The van der Waals surface area contributed by atoms with Gasteiger partial charge in [-0.1, -0.05) is 29.8 Å². The van der Waals surface area contributed by atoms with Crippen LogP contribution < -0.4 is 5.32 Å². The van der Waals surface area contributed by atoms with Crippen LogP contribution >= 0.6 is 11.3 Å². The molecule has 1 N–H and O–H groups in total. The van der Waals surface area contributed by atoms with E-state index < -0.39 is 0 Å². The zero-order valence-corrected chi connectivity index (χ0v) is 12.1. The topological polar surface area (TPSA) is 24.9 Å². The van der Waals surface area contributed by atoms with Crippen molar-refractivity contribution in [2.24, 2.45) is 0 Å². The van der Waals surface area contributed by atoms with Crippen molar-refractivity contribution in [1.29, 1.82) is 0 Å². The second kappa shape index (κ2) is 5.85. The second-order valence-corrected chi connectivity index (χ2v) is 6.18. The van der Waals surface area contributed by atoms with Crippen molar-refractivity contribution in [3.05, 3.63) is 52.0 Å². The summed E-state index contributed by atoms with van der Waals surface area (Å²) >= 11 is 1.68. The third-order valence-corrected chi connectivity index (χ3v) is 4.62. The monoisotopic (exact) mass is 272 g/mol. The van der Waals surface area contributed by atoms with Crippen LogP contribution in [0.1, 0.15) is 35.6 Å². The van der Waals surface area contributed by atoms with Gasteiger partial charge in [0.2, 0.25) is 0 Å². The second-order valence-electron chi connectivity index (χ2n) is 5.46. The van der Waals surface area contributed by atoms with Gasteiger partial charge in [0.15, 0.2) is 0 Å². The molecule has 100 valence electrons. The molecule has 1 aliphatic carbocycles. The number of nitrogens with zero attached hydrogens (tertiary/aromatic N) is 1. The summed E-state index contributed by atoms with van der Waals surface area (Å²) in [7, 11) is 0. The molecule has 0 unspecified atom stereocenters. The summed E-state index contributed by atoms with van der Waals surface area (Å²) in [5.41, 5.74) is 5.97. The Morgan fingerprint density at radius 1 is 1.26 bits per heavy atom. The van der Waals surface area contributed by atoms with Crippen molar-refractivity contribution in [2.45, 2.75) is 38.1 Å². The predicted octanol–water partition coefficient (Wildman–Crippen LogP) is 3.53. The Kier molecular flexibility index (Phi) is 3.95. The Bertz CT molecular complexity index is 498. The van der Waals surface area contributed by atoms with Gasteiger partial charge in [-0.15, -0.1) is 11.3 Å². The number of nitrogens with one attached hydrogen (secondary N) is 1. The van der Waals surface area contributed by atoms with Gasteiger partial charge in [-0.25, -0.2) is 4.98 Å². The summed E-state index contributed by atoms with van der Waals surface area (Å²) in [6, 6.07) is 9.71. The average Bonchev–Trinajstić information content (AvgIpc) is 2.87. The lowest BCUT2D eigenvalue weighted by Gasteiger charge is -2.36. The zero-order valence-electron chi connectivity index (χ0n) is 11.3. The molecular formula is C16H20N2S.